The molecule has 0 heterocycles. The van der Waals surface area contributed by atoms with E-state index < -0.39 is 5.97 Å². The van der Waals surface area contributed by atoms with E-state index in [1.165, 1.54) is 0 Å². The molecule has 0 radical (unpaired) electrons. The SMILES string of the molecule is O=C(O)C1CCCC1NCc1ccc(OCc2ccccc2)cc1. The zero-order valence-corrected chi connectivity index (χ0v) is 13.7. The van der Waals surface area contributed by atoms with Crippen LogP contribution < -0.4 is 10.1 Å². The minimum absolute atomic E-state index is 0.0801. The minimum atomic E-state index is -0.686. The monoisotopic (exact) mass is 325 g/mol. The van der Waals surface area contributed by atoms with E-state index >= 15 is 0 Å². The van der Waals surface area contributed by atoms with E-state index in [9.17, 15) is 9.90 Å². The number of benzene rings is 2. The molecule has 0 bridgehead atoms. The van der Waals surface area contributed by atoms with Crippen molar-refractivity contribution < 1.29 is 14.6 Å². The topological polar surface area (TPSA) is 58.6 Å². The van der Waals surface area contributed by atoms with E-state index in [-0.39, 0.29) is 12.0 Å². The van der Waals surface area contributed by atoms with Gasteiger partial charge in [-0.05, 0) is 36.1 Å². The number of hydrogen-bond donors (Lipinski definition) is 2. The highest BCUT2D eigenvalue weighted by molar-refractivity contribution is 5.71. The second-order valence-electron chi connectivity index (χ2n) is 6.28. The van der Waals surface area contributed by atoms with Gasteiger partial charge in [0.2, 0.25) is 0 Å². The highest BCUT2D eigenvalue weighted by Gasteiger charge is 2.32. The average Bonchev–Trinajstić information content (AvgIpc) is 3.09. The molecule has 4 heteroatoms. The average molecular weight is 325 g/mol. The molecule has 0 spiro atoms. The molecule has 126 valence electrons. The maximum absolute atomic E-state index is 11.2. The number of rotatable bonds is 7. The van der Waals surface area contributed by atoms with Crippen LogP contribution in [0.2, 0.25) is 0 Å². The molecule has 1 fully saturated rings. The molecule has 2 aromatic rings. The Bertz CT molecular complexity index is 654. The third kappa shape index (κ3) is 4.36. The number of hydrogen-bond acceptors (Lipinski definition) is 3. The zero-order chi connectivity index (χ0) is 16.8. The van der Waals surface area contributed by atoms with Gasteiger partial charge in [0.05, 0.1) is 5.92 Å². The summed E-state index contributed by atoms with van der Waals surface area (Å²) in [5, 5.41) is 12.6. The van der Waals surface area contributed by atoms with Gasteiger partial charge in [-0.3, -0.25) is 4.79 Å². The predicted molar refractivity (Wildman–Crippen MR) is 92.8 cm³/mol. The number of carboxylic acid groups (broad SMARTS) is 1. The predicted octanol–water partition coefficient (Wildman–Crippen LogP) is 3.61. The van der Waals surface area contributed by atoms with Crippen molar-refractivity contribution in [3.8, 4) is 5.75 Å². The maximum atomic E-state index is 11.2. The van der Waals surface area contributed by atoms with E-state index in [1.807, 2.05) is 54.6 Å². The summed E-state index contributed by atoms with van der Waals surface area (Å²) in [5.74, 6) is -0.0972. The molecule has 0 saturated heterocycles. The van der Waals surface area contributed by atoms with Crippen LogP contribution in [0, 0.1) is 5.92 Å². The Morgan fingerprint density at radius 3 is 2.50 bits per heavy atom. The lowest BCUT2D eigenvalue weighted by Gasteiger charge is -2.17. The van der Waals surface area contributed by atoms with Crippen LogP contribution in [0.15, 0.2) is 54.6 Å². The first-order chi connectivity index (χ1) is 11.7. The third-order valence-corrected chi connectivity index (χ3v) is 4.57. The summed E-state index contributed by atoms with van der Waals surface area (Å²) in [4.78, 5) is 11.2. The fraction of sp³-hybridized carbons (Fsp3) is 0.350. The van der Waals surface area contributed by atoms with E-state index in [0.717, 1.165) is 36.1 Å². The van der Waals surface area contributed by atoms with Crippen molar-refractivity contribution in [2.24, 2.45) is 5.92 Å². The molecule has 0 amide bonds. The fourth-order valence-corrected chi connectivity index (χ4v) is 3.19. The summed E-state index contributed by atoms with van der Waals surface area (Å²) in [5.41, 5.74) is 2.28. The summed E-state index contributed by atoms with van der Waals surface area (Å²) < 4.78 is 5.78. The van der Waals surface area contributed by atoms with Gasteiger partial charge in [0, 0.05) is 12.6 Å². The largest absolute Gasteiger partial charge is 0.489 e. The lowest BCUT2D eigenvalue weighted by molar-refractivity contribution is -0.142. The van der Waals surface area contributed by atoms with Crippen LogP contribution in [0.25, 0.3) is 0 Å². The Balaban J connectivity index is 1.48. The number of carbonyl (C=O) groups is 1. The van der Waals surface area contributed by atoms with E-state index in [4.69, 9.17) is 4.74 Å². The molecule has 4 nitrogen and oxygen atoms in total. The number of ether oxygens (including phenoxy) is 1. The van der Waals surface area contributed by atoms with Crippen LogP contribution in [0.1, 0.15) is 30.4 Å². The second-order valence-corrected chi connectivity index (χ2v) is 6.28. The molecule has 2 unspecified atom stereocenters. The molecular weight excluding hydrogens is 302 g/mol. The summed E-state index contributed by atoms with van der Waals surface area (Å²) in [6, 6.07) is 18.1. The first kappa shape index (κ1) is 16.5. The molecule has 1 aliphatic carbocycles. The summed E-state index contributed by atoms with van der Waals surface area (Å²) >= 11 is 0. The molecule has 0 aliphatic heterocycles. The molecular formula is C20H23NO3. The molecule has 24 heavy (non-hydrogen) atoms. The van der Waals surface area contributed by atoms with E-state index in [1.54, 1.807) is 0 Å². The van der Waals surface area contributed by atoms with Gasteiger partial charge in [0.25, 0.3) is 0 Å². The Morgan fingerprint density at radius 2 is 1.79 bits per heavy atom. The second kappa shape index (κ2) is 7.97. The highest BCUT2D eigenvalue weighted by atomic mass is 16.5. The minimum Gasteiger partial charge on any atom is -0.489 e. The van der Waals surface area contributed by atoms with Crippen LogP contribution in [0.3, 0.4) is 0 Å². The smallest absolute Gasteiger partial charge is 0.308 e. The quantitative estimate of drug-likeness (QED) is 0.816. The van der Waals surface area contributed by atoms with Crippen LogP contribution in [-0.2, 0) is 17.9 Å². The lowest BCUT2D eigenvalue weighted by Crippen LogP contribution is -2.35. The fourth-order valence-electron chi connectivity index (χ4n) is 3.19. The van der Waals surface area contributed by atoms with Gasteiger partial charge in [-0.2, -0.15) is 0 Å². The standard InChI is InChI=1S/C20H23NO3/c22-20(23)18-7-4-8-19(18)21-13-15-9-11-17(12-10-15)24-14-16-5-2-1-3-6-16/h1-3,5-6,9-12,18-19,21H,4,7-8,13-14H2,(H,22,23). The van der Waals surface area contributed by atoms with Gasteiger partial charge in [-0.15, -0.1) is 0 Å². The first-order valence-corrected chi connectivity index (χ1v) is 8.44. The number of nitrogens with one attached hydrogen (secondary N) is 1. The van der Waals surface area contributed by atoms with Gasteiger partial charge in [-0.25, -0.2) is 0 Å². The van der Waals surface area contributed by atoms with Crippen molar-refractivity contribution in [2.45, 2.75) is 38.5 Å². The Kier molecular flexibility index (Phi) is 5.49. The van der Waals surface area contributed by atoms with Crippen LogP contribution in [0.5, 0.6) is 5.75 Å². The van der Waals surface area contributed by atoms with E-state index in [0.29, 0.717) is 13.2 Å². The summed E-state index contributed by atoms with van der Waals surface area (Å²) in [7, 11) is 0. The molecule has 2 atom stereocenters. The van der Waals surface area contributed by atoms with Gasteiger partial charge in [0.1, 0.15) is 12.4 Å². The number of carboxylic acids is 1. The van der Waals surface area contributed by atoms with Gasteiger partial charge in [-0.1, -0.05) is 48.9 Å². The molecule has 3 rings (SSSR count). The Hall–Kier alpha value is -2.33. The van der Waals surface area contributed by atoms with Gasteiger partial charge in [0.15, 0.2) is 0 Å². The highest BCUT2D eigenvalue weighted by Crippen LogP contribution is 2.26. The van der Waals surface area contributed by atoms with Crippen LogP contribution in [0.4, 0.5) is 0 Å². The Morgan fingerprint density at radius 1 is 1.04 bits per heavy atom. The zero-order valence-electron chi connectivity index (χ0n) is 13.7. The van der Waals surface area contributed by atoms with E-state index in [2.05, 4.69) is 5.32 Å². The molecule has 2 N–H and O–H groups in total. The summed E-state index contributed by atoms with van der Waals surface area (Å²) in [6.45, 7) is 1.24. The molecule has 1 aliphatic rings. The Labute approximate surface area is 142 Å². The van der Waals surface area contributed by atoms with Crippen molar-refractivity contribution in [1.29, 1.82) is 0 Å². The normalized spacial score (nSPS) is 20.0. The van der Waals surface area contributed by atoms with Crippen molar-refractivity contribution in [1.82, 2.24) is 5.32 Å². The molecule has 2 aromatic carbocycles. The third-order valence-electron chi connectivity index (χ3n) is 4.57. The van der Waals surface area contributed by atoms with Crippen molar-refractivity contribution in [3.05, 3.63) is 65.7 Å². The van der Waals surface area contributed by atoms with Crippen molar-refractivity contribution >= 4 is 5.97 Å². The summed E-state index contributed by atoms with van der Waals surface area (Å²) in [6.07, 6.45) is 2.70. The maximum Gasteiger partial charge on any atom is 0.308 e. The van der Waals surface area contributed by atoms with Crippen LogP contribution >= 0.6 is 0 Å². The number of aliphatic carboxylic acids is 1. The van der Waals surface area contributed by atoms with Crippen molar-refractivity contribution in [3.63, 3.8) is 0 Å². The van der Waals surface area contributed by atoms with Crippen molar-refractivity contribution in [2.75, 3.05) is 0 Å². The molecule has 1 saturated carbocycles. The molecule has 0 aromatic heterocycles. The van der Waals surface area contributed by atoms with Crippen LogP contribution in [-0.4, -0.2) is 17.1 Å². The van der Waals surface area contributed by atoms with Gasteiger partial charge >= 0.3 is 5.97 Å². The van der Waals surface area contributed by atoms with Gasteiger partial charge < -0.3 is 15.2 Å². The lowest BCUT2D eigenvalue weighted by atomic mass is 10.0. The first-order valence-electron chi connectivity index (χ1n) is 8.44.